The van der Waals surface area contributed by atoms with Crippen LogP contribution in [-0.4, -0.2) is 27.8 Å². The molecule has 0 radical (unpaired) electrons. The summed E-state index contributed by atoms with van der Waals surface area (Å²) in [5.74, 6) is -0.360. The van der Waals surface area contributed by atoms with Crippen LogP contribution in [0.4, 0.5) is 0 Å². The Labute approximate surface area is 115 Å². The van der Waals surface area contributed by atoms with Crippen molar-refractivity contribution >= 4 is 16.9 Å². The van der Waals surface area contributed by atoms with E-state index in [0.29, 0.717) is 5.56 Å². The fourth-order valence-electron chi connectivity index (χ4n) is 2.18. The van der Waals surface area contributed by atoms with Gasteiger partial charge in [0.25, 0.3) is 0 Å². The number of aromatic nitrogens is 3. The molecular formula is C15H13N3O2. The summed E-state index contributed by atoms with van der Waals surface area (Å²) in [4.78, 5) is 16.1. The first-order valence-corrected chi connectivity index (χ1v) is 6.15. The molecule has 1 aromatic carbocycles. The number of carbonyl (C=O) groups is 1. The van der Waals surface area contributed by atoms with Gasteiger partial charge < -0.3 is 4.74 Å². The normalized spacial score (nSPS) is 10.7. The van der Waals surface area contributed by atoms with Gasteiger partial charge in [0.05, 0.1) is 24.4 Å². The molecule has 0 fully saturated rings. The molecule has 0 saturated carbocycles. The number of rotatable bonds is 2. The summed E-state index contributed by atoms with van der Waals surface area (Å²) in [7, 11) is 3.24. The number of hydrogen-bond acceptors (Lipinski definition) is 4. The number of pyridine rings is 1. The number of fused-ring (bicyclic) bond motifs is 1. The molecule has 0 atom stereocenters. The molecule has 0 bridgehead atoms. The zero-order valence-corrected chi connectivity index (χ0v) is 11.2. The standard InChI is InChI=1S/C15H13N3O2/c1-18-9-11(8-17-18)10-3-4-14-13(7-10)12(5-6-16-14)15(19)20-2/h3-9H,1-2H3. The van der Waals surface area contributed by atoms with Crippen LogP contribution in [0.15, 0.2) is 42.9 Å². The van der Waals surface area contributed by atoms with Gasteiger partial charge in [0.15, 0.2) is 0 Å². The number of nitrogens with zero attached hydrogens (tertiary/aromatic N) is 3. The lowest BCUT2D eigenvalue weighted by Crippen LogP contribution is -2.02. The largest absolute Gasteiger partial charge is 0.465 e. The van der Waals surface area contributed by atoms with Crippen LogP contribution in [0.1, 0.15) is 10.4 Å². The van der Waals surface area contributed by atoms with Crippen molar-refractivity contribution in [2.24, 2.45) is 7.05 Å². The number of methoxy groups -OCH3 is 1. The van der Waals surface area contributed by atoms with Gasteiger partial charge in [-0.25, -0.2) is 4.79 Å². The van der Waals surface area contributed by atoms with Crippen LogP contribution >= 0.6 is 0 Å². The van der Waals surface area contributed by atoms with E-state index >= 15 is 0 Å². The molecule has 2 aromatic heterocycles. The van der Waals surface area contributed by atoms with E-state index in [-0.39, 0.29) is 5.97 Å². The van der Waals surface area contributed by atoms with Crippen molar-refractivity contribution in [2.45, 2.75) is 0 Å². The smallest absolute Gasteiger partial charge is 0.338 e. The Morgan fingerprint density at radius 1 is 1.25 bits per heavy atom. The van der Waals surface area contributed by atoms with E-state index in [2.05, 4.69) is 10.1 Å². The van der Waals surface area contributed by atoms with Gasteiger partial charge >= 0.3 is 5.97 Å². The van der Waals surface area contributed by atoms with Crippen LogP contribution in [0.2, 0.25) is 0 Å². The van der Waals surface area contributed by atoms with E-state index in [0.717, 1.165) is 22.0 Å². The monoisotopic (exact) mass is 267 g/mol. The molecule has 0 unspecified atom stereocenters. The van der Waals surface area contributed by atoms with Crippen molar-refractivity contribution in [3.63, 3.8) is 0 Å². The van der Waals surface area contributed by atoms with Crippen LogP contribution in [0.3, 0.4) is 0 Å². The average Bonchev–Trinajstić information content (AvgIpc) is 2.92. The summed E-state index contributed by atoms with van der Waals surface area (Å²) in [5.41, 5.74) is 3.27. The summed E-state index contributed by atoms with van der Waals surface area (Å²) in [5, 5.41) is 4.93. The van der Waals surface area contributed by atoms with E-state index in [1.165, 1.54) is 7.11 Å². The van der Waals surface area contributed by atoms with Gasteiger partial charge in [0, 0.05) is 30.4 Å². The van der Waals surface area contributed by atoms with Gasteiger partial charge in [-0.3, -0.25) is 9.67 Å². The van der Waals surface area contributed by atoms with Crippen LogP contribution in [0.5, 0.6) is 0 Å². The zero-order valence-electron chi connectivity index (χ0n) is 11.2. The Morgan fingerprint density at radius 2 is 2.10 bits per heavy atom. The van der Waals surface area contributed by atoms with Crippen LogP contribution in [-0.2, 0) is 11.8 Å². The van der Waals surface area contributed by atoms with Crippen LogP contribution in [0.25, 0.3) is 22.0 Å². The highest BCUT2D eigenvalue weighted by atomic mass is 16.5. The molecular weight excluding hydrogens is 254 g/mol. The molecule has 0 amide bonds. The molecule has 0 aliphatic carbocycles. The van der Waals surface area contributed by atoms with E-state index in [1.807, 2.05) is 31.4 Å². The minimum Gasteiger partial charge on any atom is -0.465 e. The van der Waals surface area contributed by atoms with Gasteiger partial charge in [-0.2, -0.15) is 5.10 Å². The van der Waals surface area contributed by atoms with Gasteiger partial charge in [0.2, 0.25) is 0 Å². The van der Waals surface area contributed by atoms with E-state index < -0.39 is 0 Å². The lowest BCUT2D eigenvalue weighted by atomic mass is 10.0. The molecule has 3 aromatic rings. The first-order valence-electron chi connectivity index (χ1n) is 6.15. The number of aryl methyl sites for hydroxylation is 1. The van der Waals surface area contributed by atoms with E-state index in [4.69, 9.17) is 4.74 Å². The molecule has 0 saturated heterocycles. The summed E-state index contributed by atoms with van der Waals surface area (Å²) in [6.45, 7) is 0. The van der Waals surface area contributed by atoms with Crippen molar-refractivity contribution in [1.29, 1.82) is 0 Å². The number of carbonyl (C=O) groups excluding carboxylic acids is 1. The first-order chi connectivity index (χ1) is 9.69. The van der Waals surface area contributed by atoms with Crippen molar-refractivity contribution < 1.29 is 9.53 Å². The van der Waals surface area contributed by atoms with Gasteiger partial charge in [0.1, 0.15) is 0 Å². The molecule has 5 nitrogen and oxygen atoms in total. The third-order valence-electron chi connectivity index (χ3n) is 3.19. The number of benzene rings is 1. The molecule has 2 heterocycles. The van der Waals surface area contributed by atoms with Crippen LogP contribution < -0.4 is 0 Å². The average molecular weight is 267 g/mol. The van der Waals surface area contributed by atoms with E-state index in [9.17, 15) is 4.79 Å². The second kappa shape index (κ2) is 4.77. The number of esters is 1. The maximum absolute atomic E-state index is 11.8. The second-order valence-corrected chi connectivity index (χ2v) is 4.48. The van der Waals surface area contributed by atoms with E-state index in [1.54, 1.807) is 23.1 Å². The molecule has 20 heavy (non-hydrogen) atoms. The maximum atomic E-state index is 11.8. The van der Waals surface area contributed by atoms with Crippen molar-refractivity contribution in [3.05, 3.63) is 48.4 Å². The zero-order chi connectivity index (χ0) is 14.1. The summed E-state index contributed by atoms with van der Waals surface area (Å²) < 4.78 is 6.55. The van der Waals surface area contributed by atoms with Gasteiger partial charge in [-0.05, 0) is 23.8 Å². The fourth-order valence-corrected chi connectivity index (χ4v) is 2.18. The van der Waals surface area contributed by atoms with Crippen LogP contribution in [0, 0.1) is 0 Å². The highest BCUT2D eigenvalue weighted by molar-refractivity contribution is 6.04. The van der Waals surface area contributed by atoms with Gasteiger partial charge in [-0.15, -0.1) is 0 Å². The lowest BCUT2D eigenvalue weighted by Gasteiger charge is -2.06. The quantitative estimate of drug-likeness (QED) is 0.669. The molecule has 100 valence electrons. The number of ether oxygens (including phenoxy) is 1. The number of hydrogen-bond donors (Lipinski definition) is 0. The van der Waals surface area contributed by atoms with Crippen molar-refractivity contribution in [1.82, 2.24) is 14.8 Å². The van der Waals surface area contributed by atoms with Gasteiger partial charge in [-0.1, -0.05) is 6.07 Å². The van der Waals surface area contributed by atoms with Crippen molar-refractivity contribution in [2.75, 3.05) is 7.11 Å². The SMILES string of the molecule is COC(=O)c1ccnc2ccc(-c3cnn(C)c3)cc12. The molecule has 0 aliphatic heterocycles. The Bertz CT molecular complexity index is 793. The highest BCUT2D eigenvalue weighted by Crippen LogP contribution is 2.25. The predicted octanol–water partition coefficient (Wildman–Crippen LogP) is 2.42. The topological polar surface area (TPSA) is 57.0 Å². The Kier molecular flexibility index (Phi) is 2.95. The molecule has 3 rings (SSSR count). The first kappa shape index (κ1) is 12.3. The molecule has 0 aliphatic rings. The molecule has 0 N–H and O–H groups in total. The Hall–Kier alpha value is -2.69. The Balaban J connectivity index is 2.21. The minimum absolute atomic E-state index is 0.360. The minimum atomic E-state index is -0.360. The second-order valence-electron chi connectivity index (χ2n) is 4.48. The Morgan fingerprint density at radius 3 is 2.80 bits per heavy atom. The third-order valence-corrected chi connectivity index (χ3v) is 3.19. The van der Waals surface area contributed by atoms with Crippen molar-refractivity contribution in [3.8, 4) is 11.1 Å². The fraction of sp³-hybridized carbons (Fsp3) is 0.133. The summed E-state index contributed by atoms with van der Waals surface area (Å²) >= 11 is 0. The highest BCUT2D eigenvalue weighted by Gasteiger charge is 2.12. The maximum Gasteiger partial charge on any atom is 0.338 e. The summed E-state index contributed by atoms with van der Waals surface area (Å²) in [6, 6.07) is 7.46. The summed E-state index contributed by atoms with van der Waals surface area (Å²) in [6.07, 6.45) is 5.32. The predicted molar refractivity (Wildman–Crippen MR) is 75.3 cm³/mol. The third kappa shape index (κ3) is 2.03. The molecule has 5 heteroatoms. The lowest BCUT2D eigenvalue weighted by molar-refractivity contribution is 0.0603. The molecule has 0 spiro atoms.